The predicted octanol–water partition coefficient (Wildman–Crippen LogP) is 3.37. The second kappa shape index (κ2) is 10.2. The molecule has 1 aromatic carbocycles. The molecule has 1 atom stereocenters. The third kappa shape index (κ3) is 5.58. The van der Waals surface area contributed by atoms with Gasteiger partial charge in [0.2, 0.25) is 5.91 Å². The summed E-state index contributed by atoms with van der Waals surface area (Å²) >= 11 is 0. The molecule has 0 radical (unpaired) electrons. The summed E-state index contributed by atoms with van der Waals surface area (Å²) in [6.45, 7) is 4.08. The third-order valence-corrected chi connectivity index (χ3v) is 6.41. The quantitative estimate of drug-likeness (QED) is 0.684. The lowest BCUT2D eigenvalue weighted by Crippen LogP contribution is -2.60. The highest BCUT2D eigenvalue weighted by Crippen LogP contribution is 2.27. The van der Waals surface area contributed by atoms with Crippen LogP contribution in [0.5, 0.6) is 0 Å². The van der Waals surface area contributed by atoms with Crippen molar-refractivity contribution in [3.8, 4) is 0 Å². The van der Waals surface area contributed by atoms with Gasteiger partial charge < -0.3 is 20.1 Å². The van der Waals surface area contributed by atoms with Gasteiger partial charge in [-0.15, -0.1) is 0 Å². The summed E-state index contributed by atoms with van der Waals surface area (Å²) in [4.78, 5) is 24.9. The van der Waals surface area contributed by atoms with E-state index in [0.29, 0.717) is 37.5 Å². The molecule has 1 amide bonds. The Morgan fingerprint density at radius 1 is 1.14 bits per heavy atom. The fraction of sp³-hybridized carbons (Fsp3) is 0.652. The lowest BCUT2D eigenvalue weighted by atomic mass is 9.85. The summed E-state index contributed by atoms with van der Waals surface area (Å²) < 4.78 is 10.3. The molecule has 2 aliphatic rings. The molecule has 29 heavy (non-hydrogen) atoms. The molecule has 1 aliphatic heterocycles. The fourth-order valence-corrected chi connectivity index (χ4v) is 4.38. The zero-order valence-corrected chi connectivity index (χ0v) is 17.7. The van der Waals surface area contributed by atoms with E-state index in [1.807, 2.05) is 19.1 Å². The maximum atomic E-state index is 13.3. The minimum absolute atomic E-state index is 0.0427. The predicted molar refractivity (Wildman–Crippen MR) is 112 cm³/mol. The Bertz CT molecular complexity index is 677. The number of rotatable bonds is 7. The highest BCUT2D eigenvalue weighted by molar-refractivity contribution is 5.89. The van der Waals surface area contributed by atoms with Crippen LogP contribution in [0.1, 0.15) is 73.8 Å². The van der Waals surface area contributed by atoms with Gasteiger partial charge in [-0.25, -0.2) is 4.79 Å². The number of benzene rings is 1. The van der Waals surface area contributed by atoms with Gasteiger partial charge in [-0.3, -0.25) is 4.79 Å². The van der Waals surface area contributed by atoms with Gasteiger partial charge in [0.1, 0.15) is 5.54 Å². The lowest BCUT2D eigenvalue weighted by molar-refractivity contribution is -0.132. The molecule has 0 spiro atoms. The standard InChI is InChI=1S/C23H34N2O4/c1-17(19-8-10-20(11-9-19)21(26)28-2)25-22(27)23(12-14-29-15-13-23)24-16-18-6-4-3-5-7-18/h8-11,17-18,24H,3-7,12-16H2,1-2H3,(H,25,27). The van der Waals surface area contributed by atoms with Crippen LogP contribution in [0.3, 0.4) is 0 Å². The van der Waals surface area contributed by atoms with Crippen LogP contribution in [-0.2, 0) is 14.3 Å². The molecule has 3 rings (SSSR count). The number of hydrogen-bond acceptors (Lipinski definition) is 5. The van der Waals surface area contributed by atoms with Crippen molar-refractivity contribution >= 4 is 11.9 Å². The molecule has 1 unspecified atom stereocenters. The minimum Gasteiger partial charge on any atom is -0.465 e. The number of amides is 1. The van der Waals surface area contributed by atoms with Crippen molar-refractivity contribution in [2.24, 2.45) is 5.92 Å². The van der Waals surface area contributed by atoms with Crippen LogP contribution in [-0.4, -0.2) is 44.3 Å². The molecular formula is C23H34N2O4. The first-order chi connectivity index (χ1) is 14.0. The normalized spacial score (nSPS) is 20.6. The molecule has 1 aromatic rings. The van der Waals surface area contributed by atoms with E-state index in [2.05, 4.69) is 10.6 Å². The minimum atomic E-state index is -0.560. The number of hydrogen-bond donors (Lipinski definition) is 2. The van der Waals surface area contributed by atoms with E-state index in [1.54, 1.807) is 12.1 Å². The fourth-order valence-electron chi connectivity index (χ4n) is 4.38. The molecule has 1 saturated heterocycles. The third-order valence-electron chi connectivity index (χ3n) is 6.41. The van der Waals surface area contributed by atoms with Gasteiger partial charge in [-0.05, 0) is 62.8 Å². The summed E-state index contributed by atoms with van der Waals surface area (Å²) in [5.74, 6) is 0.349. The van der Waals surface area contributed by atoms with Crippen molar-refractivity contribution in [2.45, 2.75) is 63.5 Å². The molecule has 0 aromatic heterocycles. The Labute approximate surface area is 173 Å². The number of carbonyl (C=O) groups excluding carboxylic acids is 2. The smallest absolute Gasteiger partial charge is 0.337 e. The van der Waals surface area contributed by atoms with E-state index in [0.717, 1.165) is 12.1 Å². The van der Waals surface area contributed by atoms with Crippen molar-refractivity contribution in [3.63, 3.8) is 0 Å². The first-order valence-electron chi connectivity index (χ1n) is 10.9. The second-order valence-electron chi connectivity index (χ2n) is 8.39. The van der Waals surface area contributed by atoms with Crippen LogP contribution < -0.4 is 10.6 Å². The van der Waals surface area contributed by atoms with Crippen molar-refractivity contribution in [1.29, 1.82) is 0 Å². The maximum absolute atomic E-state index is 13.3. The zero-order valence-electron chi connectivity index (χ0n) is 17.7. The van der Waals surface area contributed by atoms with Crippen molar-refractivity contribution < 1.29 is 19.1 Å². The monoisotopic (exact) mass is 402 g/mol. The van der Waals surface area contributed by atoms with Gasteiger partial charge in [-0.1, -0.05) is 31.4 Å². The van der Waals surface area contributed by atoms with E-state index in [4.69, 9.17) is 9.47 Å². The summed E-state index contributed by atoms with van der Waals surface area (Å²) in [6, 6.07) is 7.04. The molecule has 0 bridgehead atoms. The number of ether oxygens (including phenoxy) is 2. The highest BCUT2D eigenvalue weighted by atomic mass is 16.5. The number of nitrogens with one attached hydrogen (secondary N) is 2. The largest absolute Gasteiger partial charge is 0.465 e. The first kappa shape index (κ1) is 21.8. The molecule has 6 nitrogen and oxygen atoms in total. The molecular weight excluding hydrogens is 368 g/mol. The molecule has 1 aliphatic carbocycles. The van der Waals surface area contributed by atoms with Gasteiger partial charge in [-0.2, -0.15) is 0 Å². The summed E-state index contributed by atoms with van der Waals surface area (Å²) in [5, 5.41) is 6.82. The average molecular weight is 403 g/mol. The Morgan fingerprint density at radius 3 is 2.41 bits per heavy atom. The van der Waals surface area contributed by atoms with Gasteiger partial charge in [0, 0.05) is 13.2 Å². The van der Waals surface area contributed by atoms with E-state index >= 15 is 0 Å². The van der Waals surface area contributed by atoms with Crippen LogP contribution >= 0.6 is 0 Å². The van der Waals surface area contributed by atoms with Crippen LogP contribution in [0.25, 0.3) is 0 Å². The highest BCUT2D eigenvalue weighted by Gasteiger charge is 2.40. The van der Waals surface area contributed by atoms with E-state index in [1.165, 1.54) is 39.2 Å². The molecule has 160 valence electrons. The lowest BCUT2D eigenvalue weighted by Gasteiger charge is -2.39. The van der Waals surface area contributed by atoms with Gasteiger partial charge >= 0.3 is 5.97 Å². The molecule has 1 heterocycles. The van der Waals surface area contributed by atoms with Crippen LogP contribution in [0.2, 0.25) is 0 Å². The summed E-state index contributed by atoms with van der Waals surface area (Å²) in [6.07, 6.45) is 7.83. The van der Waals surface area contributed by atoms with E-state index in [-0.39, 0.29) is 17.9 Å². The van der Waals surface area contributed by atoms with E-state index in [9.17, 15) is 9.59 Å². The Kier molecular flexibility index (Phi) is 7.67. The SMILES string of the molecule is COC(=O)c1ccc(C(C)NC(=O)C2(NCC3CCCCC3)CCOCC2)cc1. The molecule has 2 N–H and O–H groups in total. The summed E-state index contributed by atoms with van der Waals surface area (Å²) in [7, 11) is 1.37. The molecule has 2 fully saturated rings. The molecule has 6 heteroatoms. The van der Waals surface area contributed by atoms with Crippen LogP contribution in [0, 0.1) is 5.92 Å². The molecule has 1 saturated carbocycles. The van der Waals surface area contributed by atoms with Crippen molar-refractivity contribution in [1.82, 2.24) is 10.6 Å². The second-order valence-corrected chi connectivity index (χ2v) is 8.39. The van der Waals surface area contributed by atoms with Crippen LogP contribution in [0.15, 0.2) is 24.3 Å². The number of esters is 1. The Balaban J connectivity index is 1.63. The zero-order chi connectivity index (χ0) is 20.7. The van der Waals surface area contributed by atoms with Crippen molar-refractivity contribution in [3.05, 3.63) is 35.4 Å². The van der Waals surface area contributed by atoms with E-state index < -0.39 is 5.54 Å². The van der Waals surface area contributed by atoms with Crippen LogP contribution in [0.4, 0.5) is 0 Å². The Hall–Kier alpha value is -1.92. The first-order valence-corrected chi connectivity index (χ1v) is 10.9. The van der Waals surface area contributed by atoms with Gasteiger partial charge in [0.05, 0.1) is 18.7 Å². The topological polar surface area (TPSA) is 76.7 Å². The number of carbonyl (C=O) groups is 2. The van der Waals surface area contributed by atoms with Crippen molar-refractivity contribution in [2.75, 3.05) is 26.9 Å². The van der Waals surface area contributed by atoms with Gasteiger partial charge in [0.25, 0.3) is 0 Å². The maximum Gasteiger partial charge on any atom is 0.337 e. The number of methoxy groups -OCH3 is 1. The van der Waals surface area contributed by atoms with Gasteiger partial charge in [0.15, 0.2) is 0 Å². The average Bonchev–Trinajstić information content (AvgIpc) is 2.78. The summed E-state index contributed by atoms with van der Waals surface area (Å²) in [5.41, 5.74) is 0.904. The Morgan fingerprint density at radius 2 is 1.79 bits per heavy atom.